The van der Waals surface area contributed by atoms with Crippen LogP contribution < -0.4 is 15.1 Å². The van der Waals surface area contributed by atoms with Crippen LogP contribution in [0.2, 0.25) is 0 Å². The van der Waals surface area contributed by atoms with Crippen LogP contribution in [0.3, 0.4) is 0 Å². The molecule has 0 bridgehead atoms. The molecule has 0 aromatic heterocycles. The van der Waals surface area contributed by atoms with E-state index in [0.717, 1.165) is 99.8 Å². The third-order valence-corrected chi connectivity index (χ3v) is 13.1. The van der Waals surface area contributed by atoms with Crippen LogP contribution in [0.4, 0.5) is 17.1 Å². The maximum absolute atomic E-state index is 11.0. The van der Waals surface area contributed by atoms with Gasteiger partial charge in [0.2, 0.25) is 0 Å². The third-order valence-electron chi connectivity index (χ3n) is 13.1. The minimum absolute atomic E-state index is 0. The first-order chi connectivity index (χ1) is 34.6. The van der Waals surface area contributed by atoms with E-state index in [9.17, 15) is 40.2 Å². The molecule has 0 aliphatic rings. The molecule has 0 saturated carbocycles. The number of carboxylic acid groups (broad SMARTS) is 2. The molecular formula is C61H89N3O8Pd. The Balaban J connectivity index is 0.000000628. The summed E-state index contributed by atoms with van der Waals surface area (Å²) in [7, 11) is 0. The van der Waals surface area contributed by atoms with Crippen molar-refractivity contribution in [2.75, 3.05) is 18.0 Å². The Bertz CT molecular complexity index is 2240. The summed E-state index contributed by atoms with van der Waals surface area (Å²) in [6, 6.07) is 18.6. The van der Waals surface area contributed by atoms with E-state index in [0.29, 0.717) is 36.8 Å². The average molecular weight is 1100 g/mol. The fourth-order valence-electron chi connectivity index (χ4n) is 8.80. The molecule has 4 aromatic carbocycles. The number of nitrogens with zero attached hydrogens (tertiary/aromatic N) is 3. The molecule has 73 heavy (non-hydrogen) atoms. The van der Waals surface area contributed by atoms with Crippen molar-refractivity contribution in [1.82, 2.24) is 0 Å². The monoisotopic (exact) mass is 1100 g/mol. The van der Waals surface area contributed by atoms with Crippen LogP contribution >= 0.6 is 0 Å². The standard InChI is InChI=1S/C35H55N3.2C13H18O4.Pd/c1-7-13-17-21-35(36-31-24-26-33(27-25-31)38(11-5)12-6)34(20-16-10-4)37-32-23-22-29(18-14-8-2)30(28-32)19-15-9-3;2*1-3-5-6-9-8(4-2)7-10(14)12(15)11(9)13(16)17;/h22-28H,7-21H2,1-6H3;2*7,14-15H,3-6H2,1-2H3,(H,16,17);/q;;;+2/p-2. The molecule has 11 nitrogen and oxygen atoms in total. The van der Waals surface area contributed by atoms with Crippen LogP contribution in [0, 0.1) is 0 Å². The number of hydrogen-bond donors (Lipinski definition) is 4. The number of aliphatic imine (C=N–C) groups is 2. The molecule has 12 heteroatoms. The average Bonchev–Trinajstić information content (AvgIpc) is 3.37. The molecule has 406 valence electrons. The van der Waals surface area contributed by atoms with Crippen molar-refractivity contribution in [3.05, 3.63) is 99.1 Å². The molecule has 0 radical (unpaired) electrons. The van der Waals surface area contributed by atoms with E-state index < -0.39 is 34.9 Å². The number of carbonyl (C=O) groups excluding carboxylic acids is 2. The van der Waals surface area contributed by atoms with Crippen molar-refractivity contribution < 1.29 is 60.7 Å². The first-order valence-corrected chi connectivity index (χ1v) is 27.3. The predicted octanol–water partition coefficient (Wildman–Crippen LogP) is 13.6. The summed E-state index contributed by atoms with van der Waals surface area (Å²) < 4.78 is 0. The van der Waals surface area contributed by atoms with Crippen molar-refractivity contribution in [3.63, 3.8) is 0 Å². The molecule has 4 rings (SSSR count). The zero-order valence-corrected chi connectivity index (χ0v) is 47.6. The SMILES string of the molecule is CCCCCC(=Nc1ccc(N(CC)CC)cc1)C(CCCC)=Nc1ccc(CCCC)c(CCCC)c1.CCCCc1c(CC)cc(O)c(O)c1C(=O)[O-].CCCCc1c(CC)cc(O)c(O)c1C(=O)[O-].[Pd+2]. The van der Waals surface area contributed by atoms with Gasteiger partial charge in [-0.15, -0.1) is 0 Å². The summed E-state index contributed by atoms with van der Waals surface area (Å²) in [5.74, 6) is -4.87. The van der Waals surface area contributed by atoms with Crippen LogP contribution in [0.25, 0.3) is 0 Å². The minimum Gasteiger partial charge on any atom is -0.545 e. The van der Waals surface area contributed by atoms with Gasteiger partial charge in [-0.25, -0.2) is 0 Å². The van der Waals surface area contributed by atoms with Crippen LogP contribution in [-0.4, -0.2) is 56.9 Å². The van der Waals surface area contributed by atoms with Gasteiger partial charge in [0, 0.05) is 29.9 Å². The molecule has 0 aliphatic heterocycles. The molecule has 0 aliphatic carbocycles. The zero-order valence-electron chi connectivity index (χ0n) is 46.0. The number of unbranched alkanes of at least 4 members (excludes halogenated alkanes) is 7. The summed E-state index contributed by atoms with van der Waals surface area (Å²) in [6.07, 6.45) is 21.0. The van der Waals surface area contributed by atoms with Gasteiger partial charge in [-0.3, -0.25) is 9.98 Å². The molecule has 0 heterocycles. The molecule has 0 atom stereocenters. The van der Waals surface area contributed by atoms with E-state index >= 15 is 0 Å². The Hall–Kier alpha value is -5.18. The Morgan fingerprint density at radius 1 is 0.466 bits per heavy atom. The van der Waals surface area contributed by atoms with E-state index in [1.54, 1.807) is 0 Å². The van der Waals surface area contributed by atoms with Crippen LogP contribution in [-0.2, 0) is 58.9 Å². The predicted molar refractivity (Wildman–Crippen MR) is 296 cm³/mol. The Labute approximate surface area is 453 Å². The molecule has 0 saturated heterocycles. The molecule has 4 N–H and O–H groups in total. The van der Waals surface area contributed by atoms with Gasteiger partial charge < -0.3 is 45.1 Å². The van der Waals surface area contributed by atoms with Crippen molar-refractivity contribution in [3.8, 4) is 23.0 Å². The Kier molecular flexibility index (Phi) is 33.1. The van der Waals surface area contributed by atoms with E-state index in [-0.39, 0.29) is 31.5 Å². The van der Waals surface area contributed by atoms with Crippen molar-refractivity contribution in [1.29, 1.82) is 0 Å². The van der Waals surface area contributed by atoms with Crippen molar-refractivity contribution >= 4 is 40.4 Å². The largest absolute Gasteiger partial charge is 2.00 e. The third kappa shape index (κ3) is 21.3. The van der Waals surface area contributed by atoms with E-state index in [1.807, 2.05) is 27.7 Å². The number of aryl methyl sites for hydroxylation is 4. The fourth-order valence-corrected chi connectivity index (χ4v) is 8.80. The maximum Gasteiger partial charge on any atom is 2.00 e. The summed E-state index contributed by atoms with van der Waals surface area (Å²) in [4.78, 5) is 35.0. The van der Waals surface area contributed by atoms with Crippen LogP contribution in [0.15, 0.2) is 64.6 Å². The normalized spacial score (nSPS) is 11.3. The summed E-state index contributed by atoms with van der Waals surface area (Å²) >= 11 is 0. The van der Waals surface area contributed by atoms with Gasteiger partial charge in [-0.2, -0.15) is 0 Å². The minimum atomic E-state index is -1.45. The van der Waals surface area contributed by atoms with Gasteiger partial charge in [-0.05, 0) is 186 Å². The number of rotatable bonds is 29. The molecular weight excluding hydrogens is 1010 g/mol. The quantitative estimate of drug-likeness (QED) is 0.0177. The van der Waals surface area contributed by atoms with Crippen LogP contribution in [0.5, 0.6) is 23.0 Å². The van der Waals surface area contributed by atoms with Gasteiger partial charge in [0.15, 0.2) is 23.0 Å². The number of aromatic carboxylic acids is 2. The molecule has 0 unspecified atom stereocenters. The first kappa shape index (κ1) is 65.8. The summed E-state index contributed by atoms with van der Waals surface area (Å²) in [5.41, 5.74) is 10.9. The second-order valence-corrected chi connectivity index (χ2v) is 18.5. The zero-order chi connectivity index (χ0) is 53.6. The van der Waals surface area contributed by atoms with Gasteiger partial charge >= 0.3 is 20.4 Å². The van der Waals surface area contributed by atoms with E-state index in [1.165, 1.54) is 85.3 Å². The molecule has 0 fully saturated rings. The van der Waals surface area contributed by atoms with Gasteiger partial charge in [0.05, 0.1) is 34.7 Å². The number of hydrogen-bond acceptors (Lipinski definition) is 11. The second-order valence-electron chi connectivity index (χ2n) is 18.5. The smallest absolute Gasteiger partial charge is 0.545 e. The maximum atomic E-state index is 11.0. The van der Waals surface area contributed by atoms with E-state index in [4.69, 9.17) is 9.98 Å². The van der Waals surface area contributed by atoms with Crippen LogP contribution in [0.1, 0.15) is 220 Å². The van der Waals surface area contributed by atoms with Gasteiger partial charge in [-0.1, -0.05) is 106 Å². The number of benzene rings is 4. The van der Waals surface area contributed by atoms with Crippen molar-refractivity contribution in [2.45, 2.75) is 204 Å². The topological polar surface area (TPSA) is 189 Å². The number of carbonyl (C=O) groups is 2. The summed E-state index contributed by atoms with van der Waals surface area (Å²) in [6.45, 7) is 23.3. The summed E-state index contributed by atoms with van der Waals surface area (Å²) in [5, 5.41) is 60.2. The Morgan fingerprint density at radius 2 is 0.863 bits per heavy atom. The van der Waals surface area contributed by atoms with E-state index in [2.05, 4.69) is 88.9 Å². The second kappa shape index (κ2) is 36.7. The number of phenols is 4. The number of anilines is 1. The Morgan fingerprint density at radius 3 is 1.27 bits per heavy atom. The van der Waals surface area contributed by atoms with Gasteiger partial charge in [0.1, 0.15) is 0 Å². The van der Waals surface area contributed by atoms with Crippen molar-refractivity contribution in [2.24, 2.45) is 9.98 Å². The fraction of sp³-hybridized carbons (Fsp3) is 0.541. The molecule has 4 aromatic rings. The molecule has 0 amide bonds. The number of phenolic OH excluding ortho intramolecular Hbond substituents is 2. The number of carboxylic acids is 2. The van der Waals surface area contributed by atoms with Gasteiger partial charge in [0.25, 0.3) is 0 Å². The molecule has 0 spiro atoms. The first-order valence-electron chi connectivity index (χ1n) is 27.3. The number of aromatic hydroxyl groups is 4.